The monoisotopic (exact) mass is 264 g/mol. The van der Waals surface area contributed by atoms with Gasteiger partial charge in [-0.1, -0.05) is 19.1 Å². The minimum atomic E-state index is 0.0852. The molecular weight excluding hydrogens is 236 g/mol. The molecule has 0 spiro atoms. The molecular formula is C16H28N2O. The van der Waals surface area contributed by atoms with Gasteiger partial charge in [-0.05, 0) is 59.1 Å². The Morgan fingerprint density at radius 1 is 1.21 bits per heavy atom. The highest BCUT2D eigenvalue weighted by Gasteiger charge is 2.34. The predicted molar refractivity (Wildman–Crippen MR) is 81.8 cm³/mol. The number of rotatable bonds is 7. The lowest BCUT2D eigenvalue weighted by atomic mass is 9.83. The average Bonchev–Trinajstić information content (AvgIpc) is 2.41. The molecule has 0 saturated carbocycles. The van der Waals surface area contributed by atoms with Crippen molar-refractivity contribution < 1.29 is 4.74 Å². The lowest BCUT2D eigenvalue weighted by Gasteiger charge is -2.43. The third-order valence-electron chi connectivity index (χ3n) is 4.17. The Morgan fingerprint density at radius 3 is 2.16 bits per heavy atom. The van der Waals surface area contributed by atoms with E-state index >= 15 is 0 Å². The van der Waals surface area contributed by atoms with E-state index in [2.05, 4.69) is 62.4 Å². The van der Waals surface area contributed by atoms with Crippen LogP contribution in [0.1, 0.15) is 38.8 Å². The molecule has 0 aliphatic rings. The summed E-state index contributed by atoms with van der Waals surface area (Å²) < 4.78 is 5.50. The summed E-state index contributed by atoms with van der Waals surface area (Å²) in [4.78, 5) is 2.30. The van der Waals surface area contributed by atoms with E-state index in [1.54, 1.807) is 0 Å². The number of nitrogens with one attached hydrogen (secondary N) is 1. The van der Waals surface area contributed by atoms with Crippen LogP contribution in [0.5, 0.6) is 5.75 Å². The third kappa shape index (κ3) is 3.48. The normalized spacial score (nSPS) is 16.2. The van der Waals surface area contributed by atoms with Crippen molar-refractivity contribution in [3.63, 3.8) is 0 Å². The standard InChI is InChI=1S/C16H28N2O/c1-7-16(3,18(5)6)15(17-4)13-9-11-14(12-10-13)19-8-2/h9-12,15,17H,7-8H2,1-6H3. The van der Waals surface area contributed by atoms with E-state index in [0.29, 0.717) is 12.6 Å². The molecule has 108 valence electrons. The van der Waals surface area contributed by atoms with Crippen LogP contribution in [0.15, 0.2) is 24.3 Å². The zero-order valence-corrected chi connectivity index (χ0v) is 13.2. The molecule has 2 atom stereocenters. The smallest absolute Gasteiger partial charge is 0.119 e. The third-order valence-corrected chi connectivity index (χ3v) is 4.17. The molecule has 0 aliphatic heterocycles. The van der Waals surface area contributed by atoms with Gasteiger partial charge in [-0.2, -0.15) is 0 Å². The first kappa shape index (κ1) is 16.0. The van der Waals surface area contributed by atoms with Crippen LogP contribution in [-0.4, -0.2) is 38.2 Å². The van der Waals surface area contributed by atoms with E-state index in [-0.39, 0.29) is 5.54 Å². The molecule has 19 heavy (non-hydrogen) atoms. The molecule has 1 N–H and O–H groups in total. The van der Waals surface area contributed by atoms with Crippen LogP contribution in [-0.2, 0) is 0 Å². The van der Waals surface area contributed by atoms with Crippen LogP contribution < -0.4 is 10.1 Å². The second-order valence-corrected chi connectivity index (χ2v) is 5.33. The van der Waals surface area contributed by atoms with Crippen molar-refractivity contribution in [2.24, 2.45) is 0 Å². The largest absolute Gasteiger partial charge is 0.494 e. The fraction of sp³-hybridized carbons (Fsp3) is 0.625. The molecule has 0 heterocycles. The first-order valence-corrected chi connectivity index (χ1v) is 7.07. The molecule has 0 amide bonds. The maximum absolute atomic E-state index is 5.50. The number of benzene rings is 1. The SMILES string of the molecule is CCOc1ccc(C(NC)C(C)(CC)N(C)C)cc1. The van der Waals surface area contributed by atoms with E-state index in [0.717, 1.165) is 12.2 Å². The molecule has 1 aromatic carbocycles. The van der Waals surface area contributed by atoms with Crippen LogP contribution in [0.4, 0.5) is 0 Å². The van der Waals surface area contributed by atoms with Gasteiger partial charge in [0.25, 0.3) is 0 Å². The average molecular weight is 264 g/mol. The molecule has 0 fully saturated rings. The van der Waals surface area contributed by atoms with Gasteiger partial charge in [-0.25, -0.2) is 0 Å². The molecule has 1 rings (SSSR count). The maximum Gasteiger partial charge on any atom is 0.119 e. The Morgan fingerprint density at radius 2 is 1.79 bits per heavy atom. The van der Waals surface area contributed by atoms with Gasteiger partial charge in [0, 0.05) is 5.54 Å². The summed E-state index contributed by atoms with van der Waals surface area (Å²) >= 11 is 0. The summed E-state index contributed by atoms with van der Waals surface area (Å²) in [5.41, 5.74) is 1.38. The van der Waals surface area contributed by atoms with Crippen LogP contribution in [0.2, 0.25) is 0 Å². The lowest BCUT2D eigenvalue weighted by Crippen LogP contribution is -2.50. The van der Waals surface area contributed by atoms with Gasteiger partial charge in [0.05, 0.1) is 12.6 Å². The number of hydrogen-bond acceptors (Lipinski definition) is 3. The summed E-state index contributed by atoms with van der Waals surface area (Å²) in [5.74, 6) is 0.934. The summed E-state index contributed by atoms with van der Waals surface area (Å²) in [6, 6.07) is 8.71. The fourth-order valence-corrected chi connectivity index (χ4v) is 2.54. The number of ether oxygens (including phenoxy) is 1. The van der Waals surface area contributed by atoms with Crippen molar-refractivity contribution in [1.29, 1.82) is 0 Å². The molecule has 3 nitrogen and oxygen atoms in total. The highest BCUT2D eigenvalue weighted by atomic mass is 16.5. The second-order valence-electron chi connectivity index (χ2n) is 5.33. The van der Waals surface area contributed by atoms with Crippen molar-refractivity contribution in [2.45, 2.75) is 38.8 Å². The minimum absolute atomic E-state index is 0.0852. The first-order chi connectivity index (χ1) is 8.99. The Labute approximate surface area is 118 Å². The zero-order chi connectivity index (χ0) is 14.5. The van der Waals surface area contributed by atoms with E-state index < -0.39 is 0 Å². The quantitative estimate of drug-likeness (QED) is 0.819. The molecule has 0 saturated heterocycles. The van der Waals surface area contributed by atoms with E-state index in [4.69, 9.17) is 4.74 Å². The van der Waals surface area contributed by atoms with Crippen molar-refractivity contribution in [1.82, 2.24) is 10.2 Å². The van der Waals surface area contributed by atoms with Crippen molar-refractivity contribution in [2.75, 3.05) is 27.7 Å². The Bertz CT molecular complexity index is 375. The van der Waals surface area contributed by atoms with Crippen LogP contribution >= 0.6 is 0 Å². The molecule has 2 unspecified atom stereocenters. The van der Waals surface area contributed by atoms with Crippen molar-refractivity contribution in [3.8, 4) is 5.75 Å². The molecule has 3 heteroatoms. The lowest BCUT2D eigenvalue weighted by molar-refractivity contribution is 0.117. The summed E-state index contributed by atoms with van der Waals surface area (Å²) in [6.45, 7) is 7.24. The fourth-order valence-electron chi connectivity index (χ4n) is 2.54. The van der Waals surface area contributed by atoms with E-state index in [1.807, 2.05) is 14.0 Å². The molecule has 0 radical (unpaired) electrons. The van der Waals surface area contributed by atoms with E-state index in [1.165, 1.54) is 5.56 Å². The van der Waals surface area contributed by atoms with Crippen molar-refractivity contribution >= 4 is 0 Å². The zero-order valence-electron chi connectivity index (χ0n) is 13.2. The molecule has 0 aromatic heterocycles. The topological polar surface area (TPSA) is 24.5 Å². The highest BCUT2D eigenvalue weighted by Crippen LogP contribution is 2.33. The Kier molecular flexibility index (Phi) is 5.83. The van der Waals surface area contributed by atoms with Crippen LogP contribution in [0.25, 0.3) is 0 Å². The van der Waals surface area contributed by atoms with Gasteiger partial charge in [0.2, 0.25) is 0 Å². The number of likely N-dealkylation sites (N-methyl/N-ethyl adjacent to an activating group) is 2. The maximum atomic E-state index is 5.50. The van der Waals surface area contributed by atoms with E-state index in [9.17, 15) is 0 Å². The summed E-state index contributed by atoms with van der Waals surface area (Å²) in [5, 5.41) is 3.46. The molecule has 1 aromatic rings. The molecule has 0 bridgehead atoms. The van der Waals surface area contributed by atoms with Crippen molar-refractivity contribution in [3.05, 3.63) is 29.8 Å². The summed E-state index contributed by atoms with van der Waals surface area (Å²) in [7, 11) is 6.31. The predicted octanol–water partition coefficient (Wildman–Crippen LogP) is 3.08. The molecule has 0 aliphatic carbocycles. The van der Waals surface area contributed by atoms with Gasteiger partial charge >= 0.3 is 0 Å². The highest BCUT2D eigenvalue weighted by molar-refractivity contribution is 5.31. The summed E-state index contributed by atoms with van der Waals surface area (Å²) in [6.07, 6.45) is 1.08. The first-order valence-electron chi connectivity index (χ1n) is 7.07. The van der Waals surface area contributed by atoms with Crippen LogP contribution in [0, 0.1) is 0 Å². The van der Waals surface area contributed by atoms with Crippen LogP contribution in [0.3, 0.4) is 0 Å². The number of nitrogens with zero attached hydrogens (tertiary/aromatic N) is 1. The second kappa shape index (κ2) is 6.92. The number of hydrogen-bond donors (Lipinski definition) is 1. The van der Waals surface area contributed by atoms with Gasteiger partial charge in [0.15, 0.2) is 0 Å². The minimum Gasteiger partial charge on any atom is -0.494 e. The Hall–Kier alpha value is -1.06. The van der Waals surface area contributed by atoms with Gasteiger partial charge in [-0.3, -0.25) is 0 Å². The van der Waals surface area contributed by atoms with Gasteiger partial charge in [0.1, 0.15) is 5.75 Å². The Balaban J connectivity index is 3.02. The van der Waals surface area contributed by atoms with Gasteiger partial charge in [-0.15, -0.1) is 0 Å². The van der Waals surface area contributed by atoms with Gasteiger partial charge < -0.3 is 15.0 Å².